The van der Waals surface area contributed by atoms with Crippen molar-refractivity contribution in [1.82, 2.24) is 0 Å². The summed E-state index contributed by atoms with van der Waals surface area (Å²) < 4.78 is 0. The van der Waals surface area contributed by atoms with Crippen LogP contribution in [0, 0.1) is 0 Å². The first-order chi connectivity index (χ1) is 10.0. The summed E-state index contributed by atoms with van der Waals surface area (Å²) in [4.78, 5) is 34.0. The Balaban J connectivity index is 2.58. The van der Waals surface area contributed by atoms with Gasteiger partial charge in [-0.1, -0.05) is 42.5 Å². The average molecular weight is 284 g/mol. The molecule has 0 aliphatic heterocycles. The van der Waals surface area contributed by atoms with Gasteiger partial charge < -0.3 is 10.2 Å². The standard InChI is InChI=1S/C16H12O5/c17-14(9-15(18)19)12-7-3-1-5-10(12)11-6-2-4-8-13(11)16(20)21/h1-8H,9H2,(H,18,19)(H,20,21). The van der Waals surface area contributed by atoms with Gasteiger partial charge in [-0.3, -0.25) is 9.59 Å². The Morgan fingerprint density at radius 1 is 0.762 bits per heavy atom. The van der Waals surface area contributed by atoms with E-state index in [0.29, 0.717) is 11.1 Å². The molecule has 0 saturated carbocycles. The molecular formula is C16H12O5. The lowest BCUT2D eigenvalue weighted by atomic mass is 9.93. The van der Waals surface area contributed by atoms with E-state index in [4.69, 9.17) is 5.11 Å². The fourth-order valence-electron chi connectivity index (χ4n) is 2.10. The summed E-state index contributed by atoms with van der Waals surface area (Å²) in [5.74, 6) is -2.88. The van der Waals surface area contributed by atoms with Crippen LogP contribution in [0.25, 0.3) is 11.1 Å². The van der Waals surface area contributed by atoms with E-state index in [0.717, 1.165) is 0 Å². The lowest BCUT2D eigenvalue weighted by Crippen LogP contribution is -2.09. The molecule has 5 heteroatoms. The van der Waals surface area contributed by atoms with Crippen molar-refractivity contribution in [2.24, 2.45) is 0 Å². The molecule has 2 N–H and O–H groups in total. The van der Waals surface area contributed by atoms with Crippen LogP contribution in [0.2, 0.25) is 0 Å². The zero-order chi connectivity index (χ0) is 15.4. The predicted molar refractivity (Wildman–Crippen MR) is 75.4 cm³/mol. The van der Waals surface area contributed by atoms with E-state index in [1.54, 1.807) is 36.4 Å². The third kappa shape index (κ3) is 3.14. The van der Waals surface area contributed by atoms with Gasteiger partial charge >= 0.3 is 11.9 Å². The molecular weight excluding hydrogens is 272 g/mol. The van der Waals surface area contributed by atoms with Crippen LogP contribution in [-0.4, -0.2) is 27.9 Å². The highest BCUT2D eigenvalue weighted by Crippen LogP contribution is 2.28. The maximum atomic E-state index is 12.0. The minimum atomic E-state index is -1.22. The van der Waals surface area contributed by atoms with Crippen molar-refractivity contribution < 1.29 is 24.6 Å². The summed E-state index contributed by atoms with van der Waals surface area (Å²) in [6, 6.07) is 12.7. The van der Waals surface area contributed by atoms with Gasteiger partial charge in [-0.05, 0) is 17.2 Å². The van der Waals surface area contributed by atoms with Gasteiger partial charge in [0.05, 0.1) is 5.56 Å². The van der Waals surface area contributed by atoms with Crippen LogP contribution in [0.5, 0.6) is 0 Å². The van der Waals surface area contributed by atoms with Crippen LogP contribution in [0.4, 0.5) is 0 Å². The summed E-state index contributed by atoms with van der Waals surface area (Å²) in [6.07, 6.45) is -0.633. The third-order valence-electron chi connectivity index (χ3n) is 2.99. The van der Waals surface area contributed by atoms with Gasteiger partial charge in [0.15, 0.2) is 5.78 Å². The number of benzene rings is 2. The second-order valence-corrected chi connectivity index (χ2v) is 4.39. The lowest BCUT2D eigenvalue weighted by molar-refractivity contribution is -0.135. The van der Waals surface area contributed by atoms with Gasteiger partial charge in [-0.2, -0.15) is 0 Å². The van der Waals surface area contributed by atoms with E-state index in [1.165, 1.54) is 12.1 Å². The number of aliphatic carboxylic acids is 1. The molecule has 0 aromatic heterocycles. The van der Waals surface area contributed by atoms with Gasteiger partial charge in [-0.25, -0.2) is 4.79 Å². The van der Waals surface area contributed by atoms with Crippen molar-refractivity contribution >= 4 is 17.7 Å². The van der Waals surface area contributed by atoms with Crippen molar-refractivity contribution in [1.29, 1.82) is 0 Å². The summed E-state index contributed by atoms with van der Waals surface area (Å²) in [7, 11) is 0. The quantitative estimate of drug-likeness (QED) is 0.650. The molecule has 0 bridgehead atoms. The maximum Gasteiger partial charge on any atom is 0.336 e. The number of carboxylic acids is 2. The maximum absolute atomic E-state index is 12.0. The molecule has 0 fully saturated rings. The smallest absolute Gasteiger partial charge is 0.336 e. The van der Waals surface area contributed by atoms with Crippen LogP contribution in [0.1, 0.15) is 27.1 Å². The first-order valence-corrected chi connectivity index (χ1v) is 6.17. The van der Waals surface area contributed by atoms with Crippen LogP contribution in [0.3, 0.4) is 0 Å². The Morgan fingerprint density at radius 3 is 1.76 bits per heavy atom. The normalized spacial score (nSPS) is 10.1. The first kappa shape index (κ1) is 14.5. The fraction of sp³-hybridized carbons (Fsp3) is 0.0625. The Kier molecular flexibility index (Phi) is 4.13. The third-order valence-corrected chi connectivity index (χ3v) is 2.99. The Morgan fingerprint density at radius 2 is 1.24 bits per heavy atom. The monoisotopic (exact) mass is 284 g/mol. The van der Waals surface area contributed by atoms with Gasteiger partial charge in [0, 0.05) is 5.56 Å². The first-order valence-electron chi connectivity index (χ1n) is 6.17. The molecule has 2 aromatic rings. The van der Waals surface area contributed by atoms with Crippen LogP contribution < -0.4 is 0 Å². The number of aromatic carboxylic acids is 1. The van der Waals surface area contributed by atoms with E-state index in [9.17, 15) is 19.5 Å². The molecule has 0 amide bonds. The van der Waals surface area contributed by atoms with E-state index >= 15 is 0 Å². The van der Waals surface area contributed by atoms with E-state index in [-0.39, 0.29) is 11.1 Å². The molecule has 0 radical (unpaired) electrons. The molecule has 2 aromatic carbocycles. The van der Waals surface area contributed by atoms with Gasteiger partial charge in [-0.15, -0.1) is 0 Å². The second kappa shape index (κ2) is 6.00. The number of carbonyl (C=O) groups excluding carboxylic acids is 1. The van der Waals surface area contributed by atoms with Gasteiger partial charge in [0.1, 0.15) is 6.42 Å². The fourth-order valence-corrected chi connectivity index (χ4v) is 2.10. The summed E-state index contributed by atoms with van der Waals surface area (Å²) >= 11 is 0. The highest BCUT2D eigenvalue weighted by molar-refractivity contribution is 6.10. The molecule has 0 saturated heterocycles. The predicted octanol–water partition coefficient (Wildman–Crippen LogP) is 2.71. The number of hydrogen-bond donors (Lipinski definition) is 2. The number of carbonyl (C=O) groups is 3. The lowest BCUT2D eigenvalue weighted by Gasteiger charge is -2.10. The van der Waals surface area contributed by atoms with Crippen molar-refractivity contribution in [2.75, 3.05) is 0 Å². The van der Waals surface area contributed by atoms with E-state index in [1.807, 2.05) is 0 Å². The summed E-state index contributed by atoms with van der Waals surface area (Å²) in [6.45, 7) is 0. The molecule has 0 unspecified atom stereocenters. The number of carboxylic acid groups (broad SMARTS) is 2. The molecule has 21 heavy (non-hydrogen) atoms. The van der Waals surface area contributed by atoms with Gasteiger partial charge in [0.2, 0.25) is 0 Å². The Labute approximate surface area is 120 Å². The van der Waals surface area contributed by atoms with Crippen LogP contribution in [-0.2, 0) is 4.79 Å². The highest BCUT2D eigenvalue weighted by atomic mass is 16.4. The molecule has 0 atom stereocenters. The van der Waals surface area contributed by atoms with Crippen molar-refractivity contribution in [3.05, 3.63) is 59.7 Å². The molecule has 0 heterocycles. The zero-order valence-corrected chi connectivity index (χ0v) is 10.9. The number of ketones is 1. The SMILES string of the molecule is O=C(O)CC(=O)c1ccccc1-c1ccccc1C(=O)O. The summed E-state index contributed by atoms with van der Waals surface area (Å²) in [5, 5.41) is 18.0. The molecule has 2 rings (SSSR count). The summed E-state index contributed by atoms with van der Waals surface area (Å²) in [5.41, 5.74) is 1.07. The zero-order valence-electron chi connectivity index (χ0n) is 10.9. The largest absolute Gasteiger partial charge is 0.481 e. The molecule has 106 valence electrons. The van der Waals surface area contributed by atoms with E-state index < -0.39 is 24.1 Å². The molecule has 0 aliphatic rings. The van der Waals surface area contributed by atoms with Crippen molar-refractivity contribution in [3.8, 4) is 11.1 Å². The van der Waals surface area contributed by atoms with Crippen molar-refractivity contribution in [2.45, 2.75) is 6.42 Å². The molecule has 0 spiro atoms. The Bertz CT molecular complexity index is 718. The average Bonchev–Trinajstić information content (AvgIpc) is 2.46. The minimum Gasteiger partial charge on any atom is -0.481 e. The molecule has 0 aliphatic carbocycles. The second-order valence-electron chi connectivity index (χ2n) is 4.39. The number of rotatable bonds is 5. The Hall–Kier alpha value is -2.95. The van der Waals surface area contributed by atoms with Crippen molar-refractivity contribution in [3.63, 3.8) is 0 Å². The minimum absolute atomic E-state index is 0.0630. The number of hydrogen-bond acceptors (Lipinski definition) is 3. The van der Waals surface area contributed by atoms with E-state index in [2.05, 4.69) is 0 Å². The number of Topliss-reactive ketones (excluding diaryl/α,β-unsaturated/α-hetero) is 1. The molecule has 5 nitrogen and oxygen atoms in total. The highest BCUT2D eigenvalue weighted by Gasteiger charge is 2.18. The van der Waals surface area contributed by atoms with Crippen LogP contribution in [0.15, 0.2) is 48.5 Å². The topological polar surface area (TPSA) is 91.7 Å². The van der Waals surface area contributed by atoms with Crippen LogP contribution >= 0.6 is 0 Å². The van der Waals surface area contributed by atoms with Gasteiger partial charge in [0.25, 0.3) is 0 Å².